The van der Waals surface area contributed by atoms with Crippen LogP contribution in [0.5, 0.6) is 0 Å². The normalized spacial score (nSPS) is 12.2. The van der Waals surface area contributed by atoms with Gasteiger partial charge >= 0.3 is 0 Å². The van der Waals surface area contributed by atoms with Crippen LogP contribution in [0.3, 0.4) is 0 Å². The number of sulfonamides is 1. The first-order chi connectivity index (χ1) is 13.2. The lowest BCUT2D eigenvalue weighted by Crippen LogP contribution is -2.13. The van der Waals surface area contributed by atoms with Crippen LogP contribution in [0, 0.1) is 6.92 Å². The first kappa shape index (κ1) is 19.9. The number of allylic oxidation sites excluding steroid dienone is 1. The van der Waals surface area contributed by atoms with Crippen molar-refractivity contribution in [2.75, 3.05) is 0 Å². The fraction of sp³-hybridized carbons (Fsp3) is 0.150. The van der Waals surface area contributed by atoms with Gasteiger partial charge in [0.25, 0.3) is 6.43 Å². The maximum atomic E-state index is 14.0. The lowest BCUT2D eigenvalue weighted by Gasteiger charge is -2.10. The van der Waals surface area contributed by atoms with Crippen molar-refractivity contribution in [3.8, 4) is 22.4 Å². The van der Waals surface area contributed by atoms with Crippen molar-refractivity contribution in [1.82, 2.24) is 9.78 Å². The molecule has 0 amide bonds. The molecular formula is C20H19F2N3O2S. The van der Waals surface area contributed by atoms with Gasteiger partial charge in [0.15, 0.2) is 0 Å². The summed E-state index contributed by atoms with van der Waals surface area (Å²) in [6.45, 7) is 3.57. The van der Waals surface area contributed by atoms with E-state index < -0.39 is 16.4 Å². The van der Waals surface area contributed by atoms with Gasteiger partial charge in [-0.1, -0.05) is 54.1 Å². The van der Waals surface area contributed by atoms with Crippen molar-refractivity contribution < 1.29 is 17.2 Å². The van der Waals surface area contributed by atoms with Crippen molar-refractivity contribution in [3.05, 3.63) is 65.9 Å². The van der Waals surface area contributed by atoms with Gasteiger partial charge in [0.2, 0.25) is 10.0 Å². The lowest BCUT2D eigenvalue weighted by molar-refractivity contribution is 0.144. The summed E-state index contributed by atoms with van der Waals surface area (Å²) in [6.07, 6.45) is 0.158. The van der Waals surface area contributed by atoms with E-state index in [1.54, 1.807) is 43.3 Å². The van der Waals surface area contributed by atoms with E-state index in [0.717, 1.165) is 10.2 Å². The Balaban J connectivity index is 2.43. The summed E-state index contributed by atoms with van der Waals surface area (Å²) in [5.74, 6) is 0. The molecule has 2 N–H and O–H groups in total. The van der Waals surface area contributed by atoms with Crippen molar-refractivity contribution in [3.63, 3.8) is 0 Å². The van der Waals surface area contributed by atoms with Gasteiger partial charge in [-0.2, -0.15) is 5.10 Å². The highest BCUT2D eigenvalue weighted by atomic mass is 32.2. The Hall–Kier alpha value is -2.84. The molecule has 0 radical (unpaired) electrons. The minimum Gasteiger partial charge on any atom is -0.238 e. The standard InChI is InChI=1S/C20H19F2N3O2S/c1-3-12-25-19(20(21)22)17(14-10-8-13(2)9-11-14)18(24-25)15-6-4-5-7-16(15)28(23,26)27/h3-12,20H,1-2H3,(H2,23,26,27). The molecule has 146 valence electrons. The van der Waals surface area contributed by atoms with Gasteiger partial charge in [0.05, 0.1) is 4.90 Å². The Morgan fingerprint density at radius 2 is 1.75 bits per heavy atom. The van der Waals surface area contributed by atoms with Gasteiger partial charge < -0.3 is 0 Å². The highest BCUT2D eigenvalue weighted by Gasteiger charge is 2.28. The van der Waals surface area contributed by atoms with Crippen LogP contribution in [0.4, 0.5) is 8.78 Å². The average molecular weight is 403 g/mol. The second kappa shape index (κ2) is 7.65. The minimum absolute atomic E-state index is 0.127. The highest BCUT2D eigenvalue weighted by Crippen LogP contribution is 2.41. The number of benzene rings is 2. The summed E-state index contributed by atoms with van der Waals surface area (Å²) in [4.78, 5) is -0.172. The molecule has 8 heteroatoms. The number of halogens is 2. The third kappa shape index (κ3) is 3.74. The molecule has 0 saturated heterocycles. The third-order valence-electron chi connectivity index (χ3n) is 4.23. The van der Waals surface area contributed by atoms with E-state index in [4.69, 9.17) is 5.14 Å². The summed E-state index contributed by atoms with van der Waals surface area (Å²) in [6, 6.07) is 13.0. The molecule has 0 saturated carbocycles. The maximum absolute atomic E-state index is 14.0. The predicted octanol–water partition coefficient (Wildman–Crippen LogP) is 4.60. The van der Waals surface area contributed by atoms with Crippen LogP contribution >= 0.6 is 0 Å². The number of alkyl halides is 2. The number of aryl methyl sites for hydroxylation is 1. The minimum atomic E-state index is -4.08. The van der Waals surface area contributed by atoms with Crippen LogP contribution in [-0.4, -0.2) is 18.2 Å². The number of hydrogen-bond acceptors (Lipinski definition) is 3. The van der Waals surface area contributed by atoms with Crippen LogP contribution in [0.25, 0.3) is 28.6 Å². The van der Waals surface area contributed by atoms with Crippen molar-refractivity contribution in [2.45, 2.75) is 25.2 Å². The molecule has 5 nitrogen and oxygen atoms in total. The Kier molecular flexibility index (Phi) is 5.44. The lowest BCUT2D eigenvalue weighted by atomic mass is 9.98. The molecule has 28 heavy (non-hydrogen) atoms. The molecule has 0 bridgehead atoms. The number of hydrogen-bond donors (Lipinski definition) is 1. The van der Waals surface area contributed by atoms with E-state index in [2.05, 4.69) is 5.10 Å². The molecule has 1 aromatic heterocycles. The van der Waals surface area contributed by atoms with Gasteiger partial charge in [0.1, 0.15) is 11.4 Å². The third-order valence-corrected chi connectivity index (χ3v) is 5.20. The van der Waals surface area contributed by atoms with Crippen molar-refractivity contribution in [2.24, 2.45) is 5.14 Å². The first-order valence-corrected chi connectivity index (χ1v) is 10.0. The summed E-state index contributed by atoms with van der Waals surface area (Å²) >= 11 is 0. The SMILES string of the molecule is CC=Cn1nc(-c2ccccc2S(N)(=O)=O)c(-c2ccc(C)cc2)c1C(F)F. The van der Waals surface area contributed by atoms with E-state index in [1.807, 2.05) is 6.92 Å². The molecule has 1 heterocycles. The summed E-state index contributed by atoms with van der Waals surface area (Å²) in [5.41, 5.74) is 1.63. The molecule has 0 fully saturated rings. The monoisotopic (exact) mass is 403 g/mol. The number of nitrogens with two attached hydrogens (primary N) is 1. The average Bonchev–Trinajstić information content (AvgIpc) is 3.01. The Morgan fingerprint density at radius 1 is 1.11 bits per heavy atom. The maximum Gasteiger partial charge on any atom is 0.281 e. The zero-order chi connectivity index (χ0) is 20.5. The van der Waals surface area contributed by atoms with Gasteiger partial charge in [0, 0.05) is 17.3 Å². The van der Waals surface area contributed by atoms with Crippen LogP contribution in [-0.2, 0) is 10.0 Å². The van der Waals surface area contributed by atoms with Crippen LogP contribution in [0.1, 0.15) is 24.6 Å². The summed E-state index contributed by atoms with van der Waals surface area (Å²) < 4.78 is 53.2. The second-order valence-electron chi connectivity index (χ2n) is 6.24. The van der Waals surface area contributed by atoms with Crippen LogP contribution in [0.2, 0.25) is 0 Å². The fourth-order valence-electron chi connectivity index (χ4n) is 3.02. The fourth-order valence-corrected chi connectivity index (χ4v) is 3.75. The number of primary sulfonamides is 1. The van der Waals surface area contributed by atoms with E-state index in [-0.39, 0.29) is 27.4 Å². The van der Waals surface area contributed by atoms with Gasteiger partial charge in [-0.3, -0.25) is 0 Å². The number of nitrogens with zero attached hydrogens (tertiary/aromatic N) is 2. The Morgan fingerprint density at radius 3 is 2.32 bits per heavy atom. The molecular weight excluding hydrogens is 384 g/mol. The number of rotatable bonds is 5. The van der Waals surface area contributed by atoms with Crippen molar-refractivity contribution in [1.29, 1.82) is 0 Å². The zero-order valence-electron chi connectivity index (χ0n) is 15.3. The molecule has 0 spiro atoms. The molecule has 0 aliphatic carbocycles. The number of aromatic nitrogens is 2. The van der Waals surface area contributed by atoms with Gasteiger partial charge in [-0.05, 0) is 25.5 Å². The summed E-state index contributed by atoms with van der Waals surface area (Å²) in [7, 11) is -4.08. The highest BCUT2D eigenvalue weighted by molar-refractivity contribution is 7.89. The topological polar surface area (TPSA) is 78.0 Å². The van der Waals surface area contributed by atoms with Gasteiger partial charge in [-0.25, -0.2) is 27.0 Å². The molecule has 0 atom stereocenters. The summed E-state index contributed by atoms with van der Waals surface area (Å²) in [5, 5.41) is 9.64. The predicted molar refractivity (Wildman–Crippen MR) is 105 cm³/mol. The van der Waals surface area contributed by atoms with Gasteiger partial charge in [-0.15, -0.1) is 0 Å². The van der Waals surface area contributed by atoms with E-state index in [1.165, 1.54) is 24.4 Å². The molecule has 2 aromatic carbocycles. The van der Waals surface area contributed by atoms with Crippen LogP contribution < -0.4 is 5.14 Å². The molecule has 3 aromatic rings. The zero-order valence-corrected chi connectivity index (χ0v) is 16.1. The quantitative estimate of drug-likeness (QED) is 0.676. The van der Waals surface area contributed by atoms with E-state index in [9.17, 15) is 17.2 Å². The van der Waals surface area contributed by atoms with E-state index in [0.29, 0.717) is 5.56 Å². The smallest absolute Gasteiger partial charge is 0.238 e. The van der Waals surface area contributed by atoms with E-state index >= 15 is 0 Å². The Labute approximate surface area is 162 Å². The van der Waals surface area contributed by atoms with Crippen molar-refractivity contribution >= 4 is 16.2 Å². The second-order valence-corrected chi connectivity index (χ2v) is 7.77. The molecule has 0 unspecified atom stereocenters. The molecule has 0 aliphatic heterocycles. The van der Waals surface area contributed by atoms with Crippen LogP contribution in [0.15, 0.2) is 59.5 Å². The Bertz CT molecular complexity index is 1130. The largest absolute Gasteiger partial charge is 0.281 e. The first-order valence-electron chi connectivity index (χ1n) is 8.46. The molecule has 3 rings (SSSR count). The molecule has 0 aliphatic rings.